The monoisotopic (exact) mass is 299 g/mol. The molecule has 2 N–H and O–H groups in total. The van der Waals surface area contributed by atoms with Gasteiger partial charge >= 0.3 is 0 Å². The average Bonchev–Trinajstić information content (AvgIpc) is 2.61. The van der Waals surface area contributed by atoms with Crippen LogP contribution in [-0.2, 0) is 9.84 Å². The quantitative estimate of drug-likeness (QED) is 0.828. The fourth-order valence-corrected chi connectivity index (χ4v) is 4.01. The van der Waals surface area contributed by atoms with Crippen molar-refractivity contribution >= 4 is 9.84 Å². The van der Waals surface area contributed by atoms with Gasteiger partial charge in [0.25, 0.3) is 0 Å². The number of hydrogen-bond acceptors (Lipinski definition) is 5. The Hall–Kier alpha value is -1.11. The van der Waals surface area contributed by atoms with E-state index in [0.717, 1.165) is 5.75 Å². The van der Waals surface area contributed by atoms with Crippen molar-refractivity contribution in [3.63, 3.8) is 0 Å². The van der Waals surface area contributed by atoms with Gasteiger partial charge in [0.2, 0.25) is 0 Å². The normalized spacial score (nSPS) is 26.4. The summed E-state index contributed by atoms with van der Waals surface area (Å²) in [6.07, 6.45) is -0.832. The van der Waals surface area contributed by atoms with Gasteiger partial charge in [-0.15, -0.1) is 0 Å². The molecule has 20 heavy (non-hydrogen) atoms. The van der Waals surface area contributed by atoms with Gasteiger partial charge in [-0.2, -0.15) is 0 Å². The van der Waals surface area contributed by atoms with Crippen molar-refractivity contribution in [3.05, 3.63) is 29.8 Å². The molecule has 1 fully saturated rings. The molecular formula is C14H21NO4S. The third-order valence-corrected chi connectivity index (χ3v) is 5.06. The van der Waals surface area contributed by atoms with Gasteiger partial charge in [0.1, 0.15) is 12.4 Å². The molecule has 3 atom stereocenters. The van der Waals surface area contributed by atoms with Crippen LogP contribution in [0.1, 0.15) is 12.5 Å². The number of aryl methyl sites for hydroxylation is 1. The van der Waals surface area contributed by atoms with Gasteiger partial charge in [-0.25, -0.2) is 8.42 Å². The van der Waals surface area contributed by atoms with E-state index < -0.39 is 22.0 Å². The summed E-state index contributed by atoms with van der Waals surface area (Å²) in [4.78, 5) is 0. The van der Waals surface area contributed by atoms with Gasteiger partial charge in [-0.05, 0) is 26.0 Å². The molecule has 0 saturated carbocycles. The Labute approximate surface area is 119 Å². The van der Waals surface area contributed by atoms with Gasteiger partial charge < -0.3 is 15.2 Å². The van der Waals surface area contributed by atoms with Gasteiger partial charge in [-0.1, -0.05) is 17.7 Å². The second-order valence-corrected chi connectivity index (χ2v) is 7.60. The fraction of sp³-hybridized carbons (Fsp3) is 0.571. The Morgan fingerprint density at radius 2 is 2.00 bits per heavy atom. The minimum absolute atomic E-state index is 0.0109. The van der Waals surface area contributed by atoms with Crippen molar-refractivity contribution in [2.75, 3.05) is 18.1 Å². The highest BCUT2D eigenvalue weighted by Gasteiger charge is 2.36. The lowest BCUT2D eigenvalue weighted by molar-refractivity contribution is 0.151. The van der Waals surface area contributed by atoms with Crippen molar-refractivity contribution in [1.82, 2.24) is 5.32 Å². The zero-order valence-corrected chi connectivity index (χ0v) is 12.6. The topological polar surface area (TPSA) is 75.6 Å². The smallest absolute Gasteiger partial charge is 0.154 e. The van der Waals surface area contributed by atoms with Crippen LogP contribution in [0.3, 0.4) is 0 Å². The summed E-state index contributed by atoms with van der Waals surface area (Å²) in [7, 11) is -3.12. The predicted molar refractivity (Wildman–Crippen MR) is 77.7 cm³/mol. The van der Waals surface area contributed by atoms with Crippen LogP contribution in [0.25, 0.3) is 0 Å². The van der Waals surface area contributed by atoms with Gasteiger partial charge in [0.15, 0.2) is 9.84 Å². The number of rotatable bonds is 5. The lowest BCUT2D eigenvalue weighted by Gasteiger charge is -2.21. The molecule has 0 spiro atoms. The van der Waals surface area contributed by atoms with E-state index in [1.54, 1.807) is 0 Å². The van der Waals surface area contributed by atoms with Crippen molar-refractivity contribution in [2.45, 2.75) is 32.0 Å². The van der Waals surface area contributed by atoms with Crippen LogP contribution in [0.15, 0.2) is 24.3 Å². The maximum atomic E-state index is 11.4. The number of aliphatic hydroxyl groups is 1. The molecule has 1 aromatic rings. The third kappa shape index (κ3) is 4.19. The van der Waals surface area contributed by atoms with E-state index >= 15 is 0 Å². The van der Waals surface area contributed by atoms with Crippen LogP contribution in [0.5, 0.6) is 5.75 Å². The summed E-state index contributed by atoms with van der Waals surface area (Å²) < 4.78 is 28.5. The number of sulfone groups is 1. The predicted octanol–water partition coefficient (Wildman–Crippen LogP) is 0.510. The number of hydrogen-bond donors (Lipinski definition) is 2. The minimum Gasteiger partial charge on any atom is -0.492 e. The fourth-order valence-electron chi connectivity index (χ4n) is 2.26. The van der Waals surface area contributed by atoms with Gasteiger partial charge in [0.05, 0.1) is 17.6 Å². The van der Waals surface area contributed by atoms with Crippen LogP contribution < -0.4 is 10.1 Å². The summed E-state index contributed by atoms with van der Waals surface area (Å²) in [6, 6.07) is 7.30. The summed E-state index contributed by atoms with van der Waals surface area (Å²) in [5, 5.41) is 12.8. The van der Waals surface area contributed by atoms with Crippen LogP contribution in [0.4, 0.5) is 0 Å². The largest absolute Gasteiger partial charge is 0.492 e. The molecule has 2 rings (SSSR count). The molecule has 1 aliphatic heterocycles. The van der Waals surface area contributed by atoms with E-state index in [4.69, 9.17) is 4.74 Å². The van der Waals surface area contributed by atoms with Crippen molar-refractivity contribution in [3.8, 4) is 5.75 Å². The minimum atomic E-state index is -3.12. The maximum absolute atomic E-state index is 11.4. The Morgan fingerprint density at radius 1 is 1.35 bits per heavy atom. The highest BCUT2D eigenvalue weighted by molar-refractivity contribution is 7.91. The first-order valence-corrected chi connectivity index (χ1v) is 8.52. The summed E-state index contributed by atoms with van der Waals surface area (Å²) in [5.74, 6) is 0.614. The lowest BCUT2D eigenvalue weighted by atomic mass is 10.2. The van der Waals surface area contributed by atoms with Crippen LogP contribution in [0.2, 0.25) is 0 Å². The number of nitrogens with one attached hydrogen (secondary N) is 1. The third-order valence-electron chi connectivity index (χ3n) is 3.34. The molecule has 6 heteroatoms. The number of aliphatic hydroxyl groups excluding tert-OH is 1. The first-order chi connectivity index (χ1) is 9.35. The molecule has 0 radical (unpaired) electrons. The average molecular weight is 299 g/mol. The highest BCUT2D eigenvalue weighted by Crippen LogP contribution is 2.14. The summed E-state index contributed by atoms with van der Waals surface area (Å²) in [6.45, 7) is 4.34. The van der Waals surface area contributed by atoms with Crippen molar-refractivity contribution in [1.29, 1.82) is 0 Å². The zero-order chi connectivity index (χ0) is 14.8. The maximum Gasteiger partial charge on any atom is 0.154 e. The Balaban J connectivity index is 1.81. The Bertz CT molecular complexity index is 541. The molecule has 3 unspecified atom stereocenters. The first kappa shape index (κ1) is 15.3. The summed E-state index contributed by atoms with van der Waals surface area (Å²) >= 11 is 0. The van der Waals surface area contributed by atoms with E-state index in [9.17, 15) is 13.5 Å². The summed E-state index contributed by atoms with van der Waals surface area (Å²) in [5.41, 5.74) is 1.17. The molecular weight excluding hydrogens is 278 g/mol. The van der Waals surface area contributed by atoms with Crippen LogP contribution >= 0.6 is 0 Å². The second-order valence-electron chi connectivity index (χ2n) is 5.44. The van der Waals surface area contributed by atoms with E-state index in [1.807, 2.05) is 38.1 Å². The molecule has 112 valence electrons. The number of ether oxygens (including phenoxy) is 1. The Morgan fingerprint density at radius 3 is 2.55 bits per heavy atom. The molecule has 1 saturated heterocycles. The van der Waals surface area contributed by atoms with Crippen molar-refractivity contribution in [2.24, 2.45) is 0 Å². The molecule has 0 aliphatic carbocycles. The van der Waals surface area contributed by atoms with E-state index in [-0.39, 0.29) is 17.5 Å². The van der Waals surface area contributed by atoms with E-state index in [2.05, 4.69) is 5.32 Å². The van der Waals surface area contributed by atoms with Crippen LogP contribution in [-0.4, -0.2) is 49.8 Å². The SMILES string of the molecule is Cc1ccc(OCC(C)NC2CS(=O)(=O)CC2O)cc1. The standard InChI is InChI=1S/C14H21NO4S/c1-10-3-5-12(6-4-10)19-7-11(2)15-13-8-20(17,18)9-14(13)16/h3-6,11,13-16H,7-9H2,1-2H3. The highest BCUT2D eigenvalue weighted by atomic mass is 32.2. The molecule has 1 heterocycles. The van der Waals surface area contributed by atoms with E-state index in [0.29, 0.717) is 6.61 Å². The molecule has 0 aromatic heterocycles. The lowest BCUT2D eigenvalue weighted by Crippen LogP contribution is -2.46. The molecule has 0 bridgehead atoms. The van der Waals surface area contributed by atoms with E-state index in [1.165, 1.54) is 5.56 Å². The first-order valence-electron chi connectivity index (χ1n) is 6.70. The van der Waals surface area contributed by atoms with Crippen LogP contribution in [0, 0.1) is 6.92 Å². The molecule has 1 aliphatic rings. The second kappa shape index (κ2) is 6.11. The Kier molecular flexibility index (Phi) is 4.67. The van der Waals surface area contributed by atoms with Crippen molar-refractivity contribution < 1.29 is 18.3 Å². The van der Waals surface area contributed by atoms with Gasteiger partial charge in [0, 0.05) is 12.1 Å². The molecule has 5 nitrogen and oxygen atoms in total. The van der Waals surface area contributed by atoms with Gasteiger partial charge in [-0.3, -0.25) is 0 Å². The molecule has 1 aromatic carbocycles. The molecule has 0 amide bonds. The zero-order valence-electron chi connectivity index (χ0n) is 11.7. The number of benzene rings is 1.